The first-order valence-corrected chi connectivity index (χ1v) is 15.3. The lowest BCUT2D eigenvalue weighted by Crippen LogP contribution is -2.51. The highest BCUT2D eigenvalue weighted by atomic mass is 28.4. The van der Waals surface area contributed by atoms with Crippen molar-refractivity contribution in [3.05, 3.63) is 0 Å². The summed E-state index contributed by atoms with van der Waals surface area (Å²) >= 11 is 0. The zero-order valence-corrected chi connectivity index (χ0v) is 23.5. The number of fused-ring (bicyclic) bond motifs is 1. The number of aliphatic imine (C=N–C) groups is 1. The predicted octanol–water partition coefficient (Wildman–Crippen LogP) is 5.11. The molecule has 2 amide bonds. The minimum Gasteiger partial charge on any atom is -0.467 e. The molecule has 0 aromatic heterocycles. The Kier molecular flexibility index (Phi) is 9.13. The summed E-state index contributed by atoms with van der Waals surface area (Å²) in [7, 11) is -0.783. The first kappa shape index (κ1) is 28.5. The van der Waals surface area contributed by atoms with Gasteiger partial charge in [-0.15, -0.1) is 0 Å². The van der Waals surface area contributed by atoms with E-state index in [2.05, 4.69) is 38.9 Å². The van der Waals surface area contributed by atoms with E-state index in [-0.39, 0.29) is 23.1 Å². The maximum absolute atomic E-state index is 13.8. The number of ether oxygens (including phenoxy) is 2. The Morgan fingerprint density at radius 2 is 1.68 bits per heavy atom. The fourth-order valence-electron chi connectivity index (χ4n) is 4.36. The fraction of sp³-hybridized carbons (Fsp3) is 0.840. The molecule has 34 heavy (non-hydrogen) atoms. The molecule has 2 rings (SSSR count). The molecule has 8 nitrogen and oxygen atoms in total. The van der Waals surface area contributed by atoms with Crippen LogP contribution in [0.1, 0.15) is 80.1 Å². The summed E-state index contributed by atoms with van der Waals surface area (Å²) in [5.74, 6) is -1.23. The van der Waals surface area contributed by atoms with Gasteiger partial charge in [0.1, 0.15) is 11.6 Å². The highest BCUT2D eigenvalue weighted by molar-refractivity contribution is 6.74. The van der Waals surface area contributed by atoms with Crippen LogP contribution >= 0.6 is 0 Å². The lowest BCUT2D eigenvalue weighted by Gasteiger charge is -2.40. The van der Waals surface area contributed by atoms with Crippen LogP contribution in [0.2, 0.25) is 18.1 Å². The Bertz CT molecular complexity index is 783. The molecule has 0 bridgehead atoms. The normalized spacial score (nSPS) is 27.1. The van der Waals surface area contributed by atoms with Crippen molar-refractivity contribution in [2.75, 3.05) is 7.11 Å². The van der Waals surface area contributed by atoms with Crippen molar-refractivity contribution in [2.24, 2.45) is 10.9 Å². The molecular weight excluding hydrogens is 452 g/mol. The molecular formula is C25H44N2O6Si. The highest BCUT2D eigenvalue weighted by Gasteiger charge is 2.52. The maximum atomic E-state index is 13.8. The SMILES string of the molecule is COC(=O)[C@@H]1CC(O[Si](C)(C)C(C)(C)C)[C@@H]2CCCCCC(/C=N/C(=O)OC(C)(C)C)C(=O)N12. The van der Waals surface area contributed by atoms with Crippen molar-refractivity contribution in [3.8, 4) is 0 Å². The van der Waals surface area contributed by atoms with Gasteiger partial charge < -0.3 is 18.8 Å². The molecule has 2 unspecified atom stereocenters. The largest absolute Gasteiger partial charge is 0.467 e. The van der Waals surface area contributed by atoms with Gasteiger partial charge in [-0.25, -0.2) is 9.59 Å². The van der Waals surface area contributed by atoms with E-state index in [0.717, 1.165) is 25.7 Å². The third-order valence-electron chi connectivity index (χ3n) is 7.14. The fourth-order valence-corrected chi connectivity index (χ4v) is 5.72. The van der Waals surface area contributed by atoms with Gasteiger partial charge in [-0.05, 0) is 51.7 Å². The average Bonchev–Trinajstić information content (AvgIpc) is 3.06. The molecule has 0 aromatic rings. The summed E-state index contributed by atoms with van der Waals surface area (Å²) in [6, 6.07) is -0.908. The van der Waals surface area contributed by atoms with Crippen LogP contribution in [0.25, 0.3) is 0 Å². The van der Waals surface area contributed by atoms with Gasteiger partial charge in [0.15, 0.2) is 8.32 Å². The molecule has 0 aromatic carbocycles. The molecule has 9 heteroatoms. The molecule has 0 saturated carbocycles. The van der Waals surface area contributed by atoms with Crippen molar-refractivity contribution in [1.29, 1.82) is 0 Å². The van der Waals surface area contributed by atoms with Crippen LogP contribution in [-0.4, -0.2) is 68.3 Å². The van der Waals surface area contributed by atoms with Gasteiger partial charge in [0.05, 0.1) is 25.2 Å². The number of carbonyl (C=O) groups excluding carboxylic acids is 3. The van der Waals surface area contributed by atoms with Crippen molar-refractivity contribution < 1.29 is 28.3 Å². The predicted molar refractivity (Wildman–Crippen MR) is 134 cm³/mol. The summed E-state index contributed by atoms with van der Waals surface area (Å²) < 4.78 is 17.1. The summed E-state index contributed by atoms with van der Waals surface area (Å²) in [6.07, 6.45) is 4.95. The second kappa shape index (κ2) is 10.9. The van der Waals surface area contributed by atoms with E-state index in [1.807, 2.05) is 0 Å². The Labute approximate surface area is 205 Å². The van der Waals surface area contributed by atoms with E-state index in [1.54, 1.807) is 25.7 Å². The monoisotopic (exact) mass is 496 g/mol. The molecule has 2 fully saturated rings. The number of esters is 1. The number of hydrogen-bond donors (Lipinski definition) is 0. The Hall–Kier alpha value is -1.74. The second-order valence-corrected chi connectivity index (χ2v) is 16.8. The van der Waals surface area contributed by atoms with Crippen LogP contribution in [0.15, 0.2) is 4.99 Å². The van der Waals surface area contributed by atoms with E-state index in [1.165, 1.54) is 13.3 Å². The maximum Gasteiger partial charge on any atom is 0.433 e. The molecule has 0 aliphatic carbocycles. The quantitative estimate of drug-likeness (QED) is 0.305. The zero-order chi connectivity index (χ0) is 25.9. The topological polar surface area (TPSA) is 94.5 Å². The average molecular weight is 497 g/mol. The van der Waals surface area contributed by atoms with Crippen LogP contribution in [-0.2, 0) is 23.5 Å². The smallest absolute Gasteiger partial charge is 0.433 e. The van der Waals surface area contributed by atoms with E-state index in [9.17, 15) is 14.4 Å². The molecule has 2 aliphatic heterocycles. The minimum atomic E-state index is -2.13. The van der Waals surface area contributed by atoms with E-state index in [4.69, 9.17) is 13.9 Å². The lowest BCUT2D eigenvalue weighted by molar-refractivity contribution is -0.153. The Morgan fingerprint density at radius 1 is 1.06 bits per heavy atom. The molecule has 2 aliphatic rings. The van der Waals surface area contributed by atoms with Gasteiger partial charge in [0.25, 0.3) is 0 Å². The number of amides is 2. The molecule has 4 atom stereocenters. The molecule has 0 N–H and O–H groups in total. The van der Waals surface area contributed by atoms with E-state index < -0.39 is 37.9 Å². The Morgan fingerprint density at radius 3 is 2.24 bits per heavy atom. The van der Waals surface area contributed by atoms with Crippen molar-refractivity contribution in [3.63, 3.8) is 0 Å². The molecule has 194 valence electrons. The van der Waals surface area contributed by atoms with E-state index >= 15 is 0 Å². The molecule has 0 spiro atoms. The molecule has 2 saturated heterocycles. The van der Waals surface area contributed by atoms with Gasteiger partial charge in [-0.3, -0.25) is 4.79 Å². The molecule has 0 radical (unpaired) electrons. The van der Waals surface area contributed by atoms with Crippen molar-refractivity contribution >= 4 is 32.5 Å². The standard InChI is InChI=1S/C25H44N2O6Si/c1-24(2,3)32-23(30)26-16-17-13-11-10-12-14-18-20(33-34(8,9)25(4,5)6)15-19(22(29)31-7)27(18)21(17)28/h16-20H,10-15H2,1-9H3/b26-16+/t17?,18-,19-,20?/m0/s1. The van der Waals surface area contributed by atoms with Crippen molar-refractivity contribution in [2.45, 2.75) is 122 Å². The van der Waals surface area contributed by atoms with Gasteiger partial charge in [-0.1, -0.05) is 40.0 Å². The first-order chi connectivity index (χ1) is 15.6. The summed E-state index contributed by atoms with van der Waals surface area (Å²) in [5.41, 5.74) is -0.665. The van der Waals surface area contributed by atoms with Gasteiger partial charge in [0.2, 0.25) is 5.91 Å². The summed E-state index contributed by atoms with van der Waals surface area (Å²) in [5, 5.41) is 0.00626. The lowest BCUT2D eigenvalue weighted by atomic mass is 10.0. The van der Waals surface area contributed by atoms with Gasteiger partial charge in [-0.2, -0.15) is 4.99 Å². The van der Waals surface area contributed by atoms with Crippen LogP contribution in [0.4, 0.5) is 4.79 Å². The summed E-state index contributed by atoms with van der Waals surface area (Å²) in [4.78, 5) is 44.3. The van der Waals surface area contributed by atoms with Crippen molar-refractivity contribution in [1.82, 2.24) is 4.90 Å². The number of hydrogen-bond acceptors (Lipinski definition) is 6. The number of carbonyl (C=O) groups is 3. The van der Waals surface area contributed by atoms with Crippen LogP contribution in [0.5, 0.6) is 0 Å². The third kappa shape index (κ3) is 7.13. The highest BCUT2D eigenvalue weighted by Crippen LogP contribution is 2.42. The van der Waals surface area contributed by atoms with Crippen LogP contribution in [0, 0.1) is 5.92 Å². The van der Waals surface area contributed by atoms with Gasteiger partial charge >= 0.3 is 12.1 Å². The van der Waals surface area contributed by atoms with Gasteiger partial charge in [0, 0.05) is 12.6 Å². The first-order valence-electron chi connectivity index (χ1n) is 12.4. The van der Waals surface area contributed by atoms with Crippen LogP contribution in [0.3, 0.4) is 0 Å². The summed E-state index contributed by atoms with van der Waals surface area (Å²) in [6.45, 7) is 16.2. The number of methoxy groups -OCH3 is 1. The second-order valence-electron chi connectivity index (χ2n) is 12.0. The Balaban J connectivity index is 2.37. The number of rotatable bonds is 4. The molecule has 2 heterocycles. The zero-order valence-electron chi connectivity index (χ0n) is 22.5. The van der Waals surface area contributed by atoms with E-state index in [0.29, 0.717) is 12.8 Å². The third-order valence-corrected chi connectivity index (χ3v) is 11.6. The van der Waals surface area contributed by atoms with Crippen LogP contribution < -0.4 is 0 Å². The number of nitrogens with zero attached hydrogens (tertiary/aromatic N) is 2. The minimum absolute atomic E-state index is 0.00626.